The average Bonchev–Trinajstić information content (AvgIpc) is 3.24. The van der Waals surface area contributed by atoms with Gasteiger partial charge in [-0.2, -0.15) is 0 Å². The molecule has 1 saturated heterocycles. The number of benzene rings is 2. The quantitative estimate of drug-likeness (QED) is 0.593. The smallest absolute Gasteiger partial charge is 0.337 e. The first-order valence-corrected chi connectivity index (χ1v) is 11.8. The van der Waals surface area contributed by atoms with Gasteiger partial charge in [0.2, 0.25) is 10.0 Å². The van der Waals surface area contributed by atoms with E-state index in [-0.39, 0.29) is 10.5 Å². The largest absolute Gasteiger partial charge is 0.478 e. The standard InChI is InChI=1S/C20H24N2O5S.C2H7N/c1-2-8-15-18(27-14-9-4-3-5-10-14)17(22-11-6-7-12-22)13-16(20(23)24)19(15)28(21,25)26;1-3-2/h3-5,9-10,13H,2,6-8,11-12H2,1H3,(H,23,24)(H2,21,25,26);3H,1-2H3. The van der Waals surface area contributed by atoms with Gasteiger partial charge in [0.05, 0.1) is 11.3 Å². The Morgan fingerprint density at radius 2 is 1.77 bits per heavy atom. The fraction of sp³-hybridized carbons (Fsp3) is 0.409. The lowest BCUT2D eigenvalue weighted by Gasteiger charge is -2.26. The van der Waals surface area contributed by atoms with Crippen molar-refractivity contribution in [2.24, 2.45) is 5.14 Å². The molecule has 2 aromatic carbocycles. The number of nitrogens with two attached hydrogens (primary N) is 1. The van der Waals surface area contributed by atoms with Crippen molar-refractivity contribution in [3.8, 4) is 11.5 Å². The Morgan fingerprint density at radius 3 is 2.26 bits per heavy atom. The second-order valence-electron chi connectivity index (χ2n) is 7.29. The number of hydrogen-bond donors (Lipinski definition) is 3. The monoisotopic (exact) mass is 449 g/mol. The van der Waals surface area contributed by atoms with E-state index in [1.807, 2.05) is 44.1 Å². The SMILES string of the molecule is CCCc1c(Oc2ccccc2)c(N2CCCC2)cc(C(=O)O)c1S(N)(=O)=O.CNC. The molecule has 3 rings (SSSR count). The van der Waals surface area contributed by atoms with Crippen molar-refractivity contribution in [1.82, 2.24) is 5.32 Å². The molecule has 8 nitrogen and oxygen atoms in total. The molecule has 0 atom stereocenters. The van der Waals surface area contributed by atoms with Crippen LogP contribution in [0.5, 0.6) is 11.5 Å². The molecule has 0 aliphatic carbocycles. The van der Waals surface area contributed by atoms with E-state index in [4.69, 9.17) is 9.88 Å². The molecule has 0 amide bonds. The van der Waals surface area contributed by atoms with Gasteiger partial charge in [-0.3, -0.25) is 0 Å². The Hall–Kier alpha value is -2.62. The van der Waals surface area contributed by atoms with Crippen LogP contribution in [0.15, 0.2) is 41.3 Å². The van der Waals surface area contributed by atoms with Crippen molar-refractivity contribution >= 4 is 21.7 Å². The summed E-state index contributed by atoms with van der Waals surface area (Å²) in [6.45, 7) is 3.40. The molecule has 0 aromatic heterocycles. The Bertz CT molecular complexity index is 988. The van der Waals surface area contributed by atoms with Crippen LogP contribution in [0.4, 0.5) is 5.69 Å². The molecule has 0 unspecified atom stereocenters. The summed E-state index contributed by atoms with van der Waals surface area (Å²) in [6.07, 6.45) is 2.90. The van der Waals surface area contributed by atoms with E-state index >= 15 is 0 Å². The highest BCUT2D eigenvalue weighted by atomic mass is 32.2. The fourth-order valence-electron chi connectivity index (χ4n) is 3.56. The van der Waals surface area contributed by atoms with Crippen molar-refractivity contribution < 1.29 is 23.1 Å². The number of hydrogen-bond acceptors (Lipinski definition) is 6. The van der Waals surface area contributed by atoms with Gasteiger partial charge in [0.1, 0.15) is 10.6 Å². The number of primary sulfonamides is 1. The molecule has 1 aliphatic heterocycles. The predicted molar refractivity (Wildman–Crippen MR) is 122 cm³/mol. The van der Waals surface area contributed by atoms with Crippen LogP contribution in [0.3, 0.4) is 0 Å². The minimum absolute atomic E-state index is 0.312. The van der Waals surface area contributed by atoms with Gasteiger partial charge in [0.15, 0.2) is 5.75 Å². The zero-order valence-corrected chi connectivity index (χ0v) is 19.0. The van der Waals surface area contributed by atoms with Gasteiger partial charge in [-0.25, -0.2) is 18.4 Å². The lowest BCUT2D eigenvalue weighted by Crippen LogP contribution is -2.24. The first-order valence-electron chi connectivity index (χ1n) is 10.3. The molecular weight excluding hydrogens is 418 g/mol. The molecule has 31 heavy (non-hydrogen) atoms. The minimum atomic E-state index is -4.27. The number of carboxylic acid groups (broad SMARTS) is 1. The number of ether oxygens (including phenoxy) is 1. The van der Waals surface area contributed by atoms with Gasteiger partial charge >= 0.3 is 5.97 Å². The van der Waals surface area contributed by atoms with Crippen LogP contribution in [-0.4, -0.2) is 46.7 Å². The maximum atomic E-state index is 12.3. The molecule has 0 radical (unpaired) electrons. The van der Waals surface area contributed by atoms with Crippen LogP contribution >= 0.6 is 0 Å². The topological polar surface area (TPSA) is 122 Å². The van der Waals surface area contributed by atoms with Gasteiger partial charge in [0, 0.05) is 18.7 Å². The highest BCUT2D eigenvalue weighted by molar-refractivity contribution is 7.89. The third-order valence-corrected chi connectivity index (χ3v) is 5.77. The van der Waals surface area contributed by atoms with Gasteiger partial charge in [-0.1, -0.05) is 31.5 Å². The van der Waals surface area contributed by atoms with E-state index in [1.54, 1.807) is 12.1 Å². The molecule has 170 valence electrons. The predicted octanol–water partition coefficient (Wildman–Crippen LogP) is 3.21. The van der Waals surface area contributed by atoms with E-state index in [9.17, 15) is 18.3 Å². The Kier molecular flexibility index (Phi) is 8.85. The summed E-state index contributed by atoms with van der Waals surface area (Å²) in [7, 11) is -0.516. The van der Waals surface area contributed by atoms with E-state index in [1.165, 1.54) is 6.07 Å². The molecule has 4 N–H and O–H groups in total. The molecule has 1 fully saturated rings. The summed E-state index contributed by atoms with van der Waals surface area (Å²) in [5.41, 5.74) is 0.596. The van der Waals surface area contributed by atoms with Gasteiger partial charge in [-0.15, -0.1) is 0 Å². The molecule has 1 heterocycles. The second-order valence-corrected chi connectivity index (χ2v) is 8.79. The Balaban J connectivity index is 0.00000107. The summed E-state index contributed by atoms with van der Waals surface area (Å²) in [5, 5.41) is 17.9. The van der Waals surface area contributed by atoms with Crippen molar-refractivity contribution in [2.45, 2.75) is 37.5 Å². The van der Waals surface area contributed by atoms with Crippen LogP contribution in [0.25, 0.3) is 0 Å². The zero-order valence-electron chi connectivity index (χ0n) is 18.2. The highest BCUT2D eigenvalue weighted by Gasteiger charge is 2.31. The third-order valence-electron chi connectivity index (χ3n) is 4.73. The molecule has 0 saturated carbocycles. The first kappa shape index (κ1) is 24.6. The van der Waals surface area contributed by atoms with Gasteiger partial charge in [-0.05, 0) is 51.6 Å². The van der Waals surface area contributed by atoms with Crippen molar-refractivity contribution in [3.05, 3.63) is 47.5 Å². The zero-order chi connectivity index (χ0) is 23.0. The number of carbonyl (C=O) groups is 1. The van der Waals surface area contributed by atoms with Gasteiger partial charge < -0.3 is 20.1 Å². The van der Waals surface area contributed by atoms with Crippen LogP contribution < -0.4 is 20.1 Å². The highest BCUT2D eigenvalue weighted by Crippen LogP contribution is 2.42. The summed E-state index contributed by atoms with van der Waals surface area (Å²) < 4.78 is 30.8. The maximum Gasteiger partial charge on any atom is 0.337 e. The first-order chi connectivity index (χ1) is 14.7. The molecule has 0 bridgehead atoms. The second kappa shape index (κ2) is 11.1. The normalized spacial score (nSPS) is 13.5. The number of para-hydroxylation sites is 1. The van der Waals surface area contributed by atoms with E-state index in [0.717, 1.165) is 25.9 Å². The number of nitrogens with zero attached hydrogens (tertiary/aromatic N) is 1. The van der Waals surface area contributed by atoms with Crippen LogP contribution in [0.2, 0.25) is 0 Å². The number of rotatable bonds is 7. The van der Waals surface area contributed by atoms with E-state index in [0.29, 0.717) is 35.6 Å². The van der Waals surface area contributed by atoms with Crippen LogP contribution in [0.1, 0.15) is 42.1 Å². The summed E-state index contributed by atoms with van der Waals surface area (Å²) in [6, 6.07) is 10.4. The van der Waals surface area contributed by atoms with Crippen LogP contribution in [-0.2, 0) is 16.4 Å². The lowest BCUT2D eigenvalue weighted by molar-refractivity contribution is 0.0692. The average molecular weight is 450 g/mol. The third kappa shape index (κ3) is 6.19. The Morgan fingerprint density at radius 1 is 1.19 bits per heavy atom. The Labute approximate surface area is 184 Å². The van der Waals surface area contributed by atoms with E-state index in [2.05, 4.69) is 5.32 Å². The number of nitrogens with one attached hydrogen (secondary N) is 1. The number of sulfonamides is 1. The van der Waals surface area contributed by atoms with Crippen molar-refractivity contribution in [1.29, 1.82) is 0 Å². The lowest BCUT2D eigenvalue weighted by atomic mass is 10.0. The number of carboxylic acids is 1. The summed E-state index contributed by atoms with van der Waals surface area (Å²) in [4.78, 5) is 13.6. The summed E-state index contributed by atoms with van der Waals surface area (Å²) in [5.74, 6) is -0.416. The number of aromatic carboxylic acids is 1. The summed E-state index contributed by atoms with van der Waals surface area (Å²) >= 11 is 0. The van der Waals surface area contributed by atoms with Crippen molar-refractivity contribution in [3.63, 3.8) is 0 Å². The molecule has 1 aliphatic rings. The minimum Gasteiger partial charge on any atom is -0.478 e. The van der Waals surface area contributed by atoms with E-state index < -0.39 is 16.0 Å². The molecular formula is C22H31N3O5S. The maximum absolute atomic E-state index is 12.3. The van der Waals surface area contributed by atoms with Crippen LogP contribution in [0, 0.1) is 0 Å². The fourth-order valence-corrected chi connectivity index (χ4v) is 4.55. The van der Waals surface area contributed by atoms with Crippen molar-refractivity contribution in [2.75, 3.05) is 32.1 Å². The molecule has 9 heteroatoms. The van der Waals surface area contributed by atoms with Gasteiger partial charge in [0.25, 0.3) is 0 Å². The number of anilines is 1. The molecule has 2 aromatic rings. The molecule has 0 spiro atoms.